The van der Waals surface area contributed by atoms with E-state index in [9.17, 15) is 9.59 Å². The number of oxazole rings is 1. The lowest BCUT2D eigenvalue weighted by molar-refractivity contribution is -0.116. The Balaban J connectivity index is 1.43. The molecule has 0 saturated carbocycles. The van der Waals surface area contributed by atoms with E-state index in [1.165, 1.54) is 16.7 Å². The van der Waals surface area contributed by atoms with Gasteiger partial charge in [0.1, 0.15) is 17.8 Å². The van der Waals surface area contributed by atoms with Crippen LogP contribution in [0.15, 0.2) is 82.4 Å². The van der Waals surface area contributed by atoms with Crippen LogP contribution in [0.2, 0.25) is 0 Å². The average molecular weight is 476 g/mol. The molecule has 0 aliphatic rings. The lowest BCUT2D eigenvalue weighted by Gasteiger charge is -2.22. The van der Waals surface area contributed by atoms with Crippen LogP contribution in [-0.4, -0.2) is 41.9 Å². The number of carbonyl (C=O) groups is 2. The summed E-state index contributed by atoms with van der Waals surface area (Å²) in [6, 6.07) is 22.1. The first-order valence-corrected chi connectivity index (χ1v) is 11.9. The normalized spacial score (nSPS) is 10.8. The number of carbonyl (C=O) groups excluding carboxylic acids is 2. The van der Waals surface area contributed by atoms with Gasteiger partial charge in [-0.1, -0.05) is 48.2 Å². The Morgan fingerprint density at radius 1 is 1.06 bits per heavy atom. The number of amides is 2. The maximum atomic E-state index is 13.3. The highest BCUT2D eigenvalue weighted by molar-refractivity contribution is 7.98. The number of nitrogens with zero attached hydrogens (tertiary/aromatic N) is 2. The predicted molar refractivity (Wildman–Crippen MR) is 133 cm³/mol. The smallest absolute Gasteiger partial charge is 0.257 e. The first kappa shape index (κ1) is 23.4. The zero-order valence-electron chi connectivity index (χ0n) is 19.0. The van der Waals surface area contributed by atoms with Crippen LogP contribution in [-0.2, 0) is 10.5 Å². The van der Waals surface area contributed by atoms with Crippen molar-refractivity contribution in [3.05, 3.63) is 83.9 Å². The van der Waals surface area contributed by atoms with E-state index in [0.29, 0.717) is 34.5 Å². The van der Waals surface area contributed by atoms with Crippen molar-refractivity contribution in [2.75, 3.05) is 25.5 Å². The minimum Gasteiger partial charge on any atom is -0.497 e. The molecule has 1 N–H and O–H groups in total. The number of ether oxygens (including phenoxy) is 1. The van der Waals surface area contributed by atoms with Gasteiger partial charge in [0.25, 0.3) is 11.1 Å². The number of likely N-dealkylation sites (N-methyl/N-ethyl adjacent to an activating group) is 1. The van der Waals surface area contributed by atoms with E-state index in [2.05, 4.69) is 10.3 Å². The van der Waals surface area contributed by atoms with Crippen LogP contribution in [0.3, 0.4) is 0 Å². The van der Waals surface area contributed by atoms with E-state index < -0.39 is 0 Å². The third-order valence-electron chi connectivity index (χ3n) is 5.23. The van der Waals surface area contributed by atoms with Crippen molar-refractivity contribution >= 4 is 40.4 Å². The number of rotatable bonds is 9. The van der Waals surface area contributed by atoms with Crippen LogP contribution < -0.4 is 10.1 Å². The van der Waals surface area contributed by atoms with Crippen LogP contribution >= 0.6 is 11.8 Å². The molecule has 7 nitrogen and oxygen atoms in total. The number of methoxy groups -OCH3 is 1. The molecule has 4 rings (SSSR count). The summed E-state index contributed by atoms with van der Waals surface area (Å²) in [5.74, 6) is 0.688. The first-order valence-electron chi connectivity index (χ1n) is 10.9. The molecule has 4 aromatic rings. The number of nitrogens with one attached hydrogen (secondary N) is 1. The van der Waals surface area contributed by atoms with E-state index in [4.69, 9.17) is 9.15 Å². The van der Waals surface area contributed by atoms with Crippen molar-refractivity contribution in [2.24, 2.45) is 0 Å². The van der Waals surface area contributed by atoms with Gasteiger partial charge < -0.3 is 19.4 Å². The molecule has 1 heterocycles. The second-order valence-corrected chi connectivity index (χ2v) is 8.42. The van der Waals surface area contributed by atoms with Gasteiger partial charge in [0.15, 0.2) is 5.58 Å². The fourth-order valence-corrected chi connectivity index (χ4v) is 4.32. The number of benzene rings is 3. The Morgan fingerprint density at radius 3 is 2.65 bits per heavy atom. The minimum absolute atomic E-state index is 0.0564. The largest absolute Gasteiger partial charge is 0.497 e. The summed E-state index contributed by atoms with van der Waals surface area (Å²) in [4.78, 5) is 32.0. The zero-order valence-corrected chi connectivity index (χ0v) is 19.8. The van der Waals surface area contributed by atoms with Crippen molar-refractivity contribution < 1.29 is 18.7 Å². The molecule has 34 heavy (non-hydrogen) atoms. The van der Waals surface area contributed by atoms with Gasteiger partial charge in [0.05, 0.1) is 7.11 Å². The lowest BCUT2D eigenvalue weighted by Crippen LogP contribution is -2.38. The maximum Gasteiger partial charge on any atom is 0.257 e. The Hall–Kier alpha value is -3.78. The predicted octanol–water partition coefficient (Wildman–Crippen LogP) is 5.23. The Kier molecular flexibility index (Phi) is 7.49. The van der Waals surface area contributed by atoms with E-state index in [1.54, 1.807) is 37.4 Å². The molecule has 0 aliphatic carbocycles. The molecule has 0 unspecified atom stereocenters. The minimum atomic E-state index is -0.276. The highest BCUT2D eigenvalue weighted by atomic mass is 32.2. The summed E-state index contributed by atoms with van der Waals surface area (Å²) in [5, 5.41) is 3.37. The van der Waals surface area contributed by atoms with Gasteiger partial charge in [-0.15, -0.1) is 0 Å². The Labute approximate surface area is 202 Å². The van der Waals surface area contributed by atoms with Gasteiger partial charge in [-0.05, 0) is 42.8 Å². The maximum absolute atomic E-state index is 13.3. The SMILES string of the molecule is CCN(CC(=O)Nc1cccc(OC)c1)C(=O)c1ccccc1CSc1nc2ccccc2o1. The molecule has 174 valence electrons. The number of aromatic nitrogens is 1. The van der Waals surface area contributed by atoms with Crippen LogP contribution in [0.1, 0.15) is 22.8 Å². The molecular formula is C26H25N3O4S. The number of hydrogen-bond acceptors (Lipinski definition) is 6. The second kappa shape index (κ2) is 10.9. The van der Waals surface area contributed by atoms with Crippen LogP contribution in [0, 0.1) is 0 Å². The molecule has 0 radical (unpaired) electrons. The standard InChI is InChI=1S/C26H25N3O4S/c1-3-29(16-24(30)27-19-10-8-11-20(15-19)32-2)25(31)21-12-5-4-9-18(21)17-34-26-28-22-13-6-7-14-23(22)33-26/h4-15H,3,16-17H2,1-2H3,(H,27,30). The second-order valence-electron chi connectivity index (χ2n) is 7.49. The summed E-state index contributed by atoms with van der Waals surface area (Å²) >= 11 is 1.43. The van der Waals surface area contributed by atoms with Crippen molar-refractivity contribution in [3.8, 4) is 5.75 Å². The highest BCUT2D eigenvalue weighted by Gasteiger charge is 2.20. The average Bonchev–Trinajstić information content (AvgIpc) is 3.29. The zero-order chi connectivity index (χ0) is 23.9. The van der Waals surface area contributed by atoms with Crippen molar-refractivity contribution in [2.45, 2.75) is 17.9 Å². The number of fused-ring (bicyclic) bond motifs is 1. The molecule has 0 saturated heterocycles. The molecule has 1 aromatic heterocycles. The number of para-hydroxylation sites is 2. The third-order valence-corrected chi connectivity index (χ3v) is 6.11. The Morgan fingerprint density at radius 2 is 1.85 bits per heavy atom. The summed E-state index contributed by atoms with van der Waals surface area (Å²) in [5.41, 5.74) is 3.55. The molecule has 8 heteroatoms. The topological polar surface area (TPSA) is 84.7 Å². The monoisotopic (exact) mass is 475 g/mol. The quantitative estimate of drug-likeness (QED) is 0.334. The molecule has 0 aliphatic heterocycles. The van der Waals surface area contributed by atoms with Crippen LogP contribution in [0.5, 0.6) is 5.75 Å². The van der Waals surface area contributed by atoms with Crippen molar-refractivity contribution in [1.29, 1.82) is 0 Å². The fourth-order valence-electron chi connectivity index (χ4n) is 3.48. The first-order chi connectivity index (χ1) is 16.6. The van der Waals surface area contributed by atoms with Gasteiger partial charge in [0.2, 0.25) is 5.91 Å². The molecule has 2 amide bonds. The number of thioether (sulfide) groups is 1. The van der Waals surface area contributed by atoms with Gasteiger partial charge >= 0.3 is 0 Å². The van der Waals surface area contributed by atoms with Gasteiger partial charge in [-0.3, -0.25) is 9.59 Å². The van der Waals surface area contributed by atoms with Crippen molar-refractivity contribution in [1.82, 2.24) is 9.88 Å². The van der Waals surface area contributed by atoms with Gasteiger partial charge in [0, 0.05) is 29.6 Å². The fraction of sp³-hybridized carbons (Fsp3) is 0.192. The van der Waals surface area contributed by atoms with E-state index in [0.717, 1.165) is 16.7 Å². The summed E-state index contributed by atoms with van der Waals surface area (Å²) < 4.78 is 11.0. The molecule has 0 fully saturated rings. The van der Waals surface area contributed by atoms with E-state index in [-0.39, 0.29) is 18.4 Å². The Bertz CT molecular complexity index is 1270. The van der Waals surface area contributed by atoms with E-state index in [1.807, 2.05) is 49.4 Å². The van der Waals surface area contributed by atoms with Crippen LogP contribution in [0.25, 0.3) is 11.1 Å². The summed E-state index contributed by atoms with van der Waals surface area (Å²) in [6.07, 6.45) is 0. The molecule has 0 spiro atoms. The third kappa shape index (κ3) is 5.58. The molecule has 3 aromatic carbocycles. The highest BCUT2D eigenvalue weighted by Crippen LogP contribution is 2.27. The number of hydrogen-bond donors (Lipinski definition) is 1. The van der Waals surface area contributed by atoms with Crippen LogP contribution in [0.4, 0.5) is 5.69 Å². The van der Waals surface area contributed by atoms with E-state index >= 15 is 0 Å². The van der Waals surface area contributed by atoms with Gasteiger partial charge in [-0.25, -0.2) is 4.98 Å². The lowest BCUT2D eigenvalue weighted by atomic mass is 10.1. The summed E-state index contributed by atoms with van der Waals surface area (Å²) in [7, 11) is 1.57. The molecular weight excluding hydrogens is 450 g/mol. The molecule has 0 atom stereocenters. The summed E-state index contributed by atoms with van der Waals surface area (Å²) in [6.45, 7) is 2.20. The van der Waals surface area contributed by atoms with Gasteiger partial charge in [-0.2, -0.15) is 0 Å². The molecule has 0 bridgehead atoms. The van der Waals surface area contributed by atoms with Crippen molar-refractivity contribution in [3.63, 3.8) is 0 Å². The number of anilines is 1.